The predicted molar refractivity (Wildman–Crippen MR) is 72.2 cm³/mol. The average Bonchev–Trinajstić information content (AvgIpc) is 2.41. The van der Waals surface area contributed by atoms with Gasteiger partial charge in [0.15, 0.2) is 0 Å². The molecule has 3 nitrogen and oxygen atoms in total. The highest BCUT2D eigenvalue weighted by Crippen LogP contribution is 2.23. The molecule has 0 aromatic heterocycles. The minimum atomic E-state index is -0.712. The van der Waals surface area contributed by atoms with Gasteiger partial charge in [-0.05, 0) is 36.5 Å². The number of nitrogens with one attached hydrogen (secondary N) is 1. The molecule has 1 fully saturated rings. The Bertz CT molecular complexity index is 399. The van der Waals surface area contributed by atoms with E-state index in [1.807, 2.05) is 0 Å². The summed E-state index contributed by atoms with van der Waals surface area (Å²) in [7, 11) is 0. The molecule has 1 aliphatic carbocycles. The summed E-state index contributed by atoms with van der Waals surface area (Å²) < 4.78 is 13.0. The fourth-order valence-corrected chi connectivity index (χ4v) is 2.66. The third-order valence-electron chi connectivity index (χ3n) is 3.85. The number of halogens is 1. The zero-order chi connectivity index (χ0) is 13.7. The molecule has 1 aliphatic rings. The van der Waals surface area contributed by atoms with Crippen molar-refractivity contribution in [3.05, 3.63) is 35.6 Å². The molecule has 0 amide bonds. The first kappa shape index (κ1) is 14.4. The maximum absolute atomic E-state index is 13.0. The monoisotopic (exact) mass is 267 g/mol. The molecule has 0 heterocycles. The second kappa shape index (κ2) is 6.98. The lowest BCUT2D eigenvalue weighted by Gasteiger charge is -2.28. The molecule has 1 aromatic rings. The van der Waals surface area contributed by atoms with Gasteiger partial charge >= 0.3 is 0 Å². The van der Waals surface area contributed by atoms with Crippen molar-refractivity contribution in [3.63, 3.8) is 0 Å². The molecule has 106 valence electrons. The van der Waals surface area contributed by atoms with Crippen LogP contribution in [0.3, 0.4) is 0 Å². The molecule has 19 heavy (non-hydrogen) atoms. The van der Waals surface area contributed by atoms with Gasteiger partial charge in [-0.2, -0.15) is 0 Å². The average molecular weight is 267 g/mol. The number of rotatable bonds is 5. The Morgan fingerprint density at radius 2 is 2.11 bits per heavy atom. The van der Waals surface area contributed by atoms with Gasteiger partial charge in [0.25, 0.3) is 0 Å². The van der Waals surface area contributed by atoms with Crippen LogP contribution in [0.25, 0.3) is 0 Å². The molecule has 3 unspecified atom stereocenters. The van der Waals surface area contributed by atoms with E-state index in [4.69, 9.17) is 0 Å². The molecule has 0 saturated heterocycles. The summed E-state index contributed by atoms with van der Waals surface area (Å²) in [6, 6.07) is 6.02. The van der Waals surface area contributed by atoms with E-state index in [1.165, 1.54) is 12.1 Å². The molecule has 0 spiro atoms. The van der Waals surface area contributed by atoms with Crippen LogP contribution in [0.5, 0.6) is 0 Å². The van der Waals surface area contributed by atoms with Crippen molar-refractivity contribution in [2.24, 2.45) is 5.92 Å². The molecular formula is C15H22FNO2. The first-order valence-electron chi connectivity index (χ1n) is 6.99. The van der Waals surface area contributed by atoms with E-state index < -0.39 is 6.10 Å². The van der Waals surface area contributed by atoms with Crippen molar-refractivity contribution in [2.75, 3.05) is 13.1 Å². The molecule has 3 N–H and O–H groups in total. The van der Waals surface area contributed by atoms with Crippen LogP contribution in [-0.2, 0) is 0 Å². The highest BCUT2D eigenvalue weighted by atomic mass is 19.1. The van der Waals surface area contributed by atoms with E-state index in [1.54, 1.807) is 12.1 Å². The Morgan fingerprint density at radius 3 is 2.84 bits per heavy atom. The standard InChI is InChI=1S/C15H22FNO2/c16-13-6-3-5-11(8-13)15(19)10-17-9-12-4-1-2-7-14(12)18/h3,5-6,8,12,14-15,17-19H,1-2,4,7,9-10H2. The van der Waals surface area contributed by atoms with Crippen molar-refractivity contribution in [1.82, 2.24) is 5.32 Å². The van der Waals surface area contributed by atoms with Crippen molar-refractivity contribution in [1.29, 1.82) is 0 Å². The lowest BCUT2D eigenvalue weighted by molar-refractivity contribution is 0.0669. The predicted octanol–water partition coefficient (Wildman–Crippen LogP) is 2.00. The molecule has 3 atom stereocenters. The van der Waals surface area contributed by atoms with E-state index in [-0.39, 0.29) is 17.8 Å². The molecule has 0 aliphatic heterocycles. The third-order valence-corrected chi connectivity index (χ3v) is 3.85. The van der Waals surface area contributed by atoms with E-state index >= 15 is 0 Å². The molecule has 0 radical (unpaired) electrons. The summed E-state index contributed by atoms with van der Waals surface area (Å²) >= 11 is 0. The smallest absolute Gasteiger partial charge is 0.123 e. The molecule has 4 heteroatoms. The zero-order valence-corrected chi connectivity index (χ0v) is 11.1. The highest BCUT2D eigenvalue weighted by Gasteiger charge is 2.22. The van der Waals surface area contributed by atoms with Gasteiger partial charge in [0.1, 0.15) is 5.82 Å². The van der Waals surface area contributed by atoms with Crippen LogP contribution in [0.2, 0.25) is 0 Å². The lowest BCUT2D eigenvalue weighted by atomic mass is 9.86. The Kier molecular flexibility index (Phi) is 5.31. The lowest BCUT2D eigenvalue weighted by Crippen LogP contribution is -2.35. The van der Waals surface area contributed by atoms with Crippen molar-refractivity contribution in [3.8, 4) is 0 Å². The minimum Gasteiger partial charge on any atom is -0.393 e. The number of hydrogen-bond donors (Lipinski definition) is 3. The van der Waals surface area contributed by atoms with Gasteiger partial charge in [-0.25, -0.2) is 4.39 Å². The number of benzene rings is 1. The van der Waals surface area contributed by atoms with Gasteiger partial charge in [0, 0.05) is 13.1 Å². The van der Waals surface area contributed by atoms with Gasteiger partial charge in [-0.1, -0.05) is 25.0 Å². The Labute approximate surface area is 113 Å². The van der Waals surface area contributed by atoms with Crippen LogP contribution < -0.4 is 5.32 Å². The van der Waals surface area contributed by atoms with Gasteiger partial charge in [0.2, 0.25) is 0 Å². The minimum absolute atomic E-state index is 0.229. The van der Waals surface area contributed by atoms with E-state index in [0.29, 0.717) is 18.7 Å². The molecule has 0 bridgehead atoms. The first-order valence-corrected chi connectivity index (χ1v) is 6.99. The van der Waals surface area contributed by atoms with Gasteiger partial charge in [-0.3, -0.25) is 0 Å². The first-order chi connectivity index (χ1) is 9.16. The van der Waals surface area contributed by atoms with Crippen LogP contribution >= 0.6 is 0 Å². The maximum atomic E-state index is 13.0. The van der Waals surface area contributed by atoms with Crippen molar-refractivity contribution >= 4 is 0 Å². The number of hydrogen-bond acceptors (Lipinski definition) is 3. The summed E-state index contributed by atoms with van der Waals surface area (Å²) in [5.41, 5.74) is 0.580. The molecule has 2 rings (SSSR count). The van der Waals surface area contributed by atoms with Crippen LogP contribution in [0.1, 0.15) is 37.4 Å². The Hall–Kier alpha value is -0.970. The van der Waals surface area contributed by atoms with Crippen LogP contribution in [0.4, 0.5) is 4.39 Å². The van der Waals surface area contributed by atoms with Gasteiger partial charge in [-0.15, -0.1) is 0 Å². The van der Waals surface area contributed by atoms with Gasteiger partial charge < -0.3 is 15.5 Å². The summed E-state index contributed by atoms with van der Waals surface area (Å²) in [5, 5.41) is 23.0. The van der Waals surface area contributed by atoms with Crippen LogP contribution in [0, 0.1) is 11.7 Å². The van der Waals surface area contributed by atoms with E-state index in [9.17, 15) is 14.6 Å². The van der Waals surface area contributed by atoms with Crippen LogP contribution in [-0.4, -0.2) is 29.4 Å². The zero-order valence-electron chi connectivity index (χ0n) is 11.1. The van der Waals surface area contributed by atoms with Crippen molar-refractivity contribution in [2.45, 2.75) is 37.9 Å². The largest absolute Gasteiger partial charge is 0.393 e. The fourth-order valence-electron chi connectivity index (χ4n) is 2.66. The van der Waals surface area contributed by atoms with E-state index in [0.717, 1.165) is 25.7 Å². The molecule has 1 saturated carbocycles. The normalized spacial score (nSPS) is 25.2. The summed E-state index contributed by atoms with van der Waals surface area (Å²) in [6.07, 6.45) is 3.23. The Balaban J connectivity index is 1.76. The van der Waals surface area contributed by atoms with Gasteiger partial charge in [0.05, 0.1) is 12.2 Å². The second-order valence-corrected chi connectivity index (χ2v) is 5.34. The summed E-state index contributed by atoms with van der Waals surface area (Å²) in [5.74, 6) is -0.0623. The summed E-state index contributed by atoms with van der Waals surface area (Å²) in [6.45, 7) is 1.08. The Morgan fingerprint density at radius 1 is 1.32 bits per heavy atom. The van der Waals surface area contributed by atoms with E-state index in [2.05, 4.69) is 5.32 Å². The third kappa shape index (κ3) is 4.27. The number of aliphatic hydroxyl groups excluding tert-OH is 2. The number of aliphatic hydroxyl groups is 2. The van der Waals surface area contributed by atoms with Crippen LogP contribution in [0.15, 0.2) is 24.3 Å². The molecule has 1 aromatic carbocycles. The summed E-state index contributed by atoms with van der Waals surface area (Å²) in [4.78, 5) is 0. The fraction of sp³-hybridized carbons (Fsp3) is 0.600. The quantitative estimate of drug-likeness (QED) is 0.765. The second-order valence-electron chi connectivity index (χ2n) is 5.34. The maximum Gasteiger partial charge on any atom is 0.123 e. The molecular weight excluding hydrogens is 245 g/mol. The van der Waals surface area contributed by atoms with Crippen molar-refractivity contribution < 1.29 is 14.6 Å². The topological polar surface area (TPSA) is 52.5 Å². The highest BCUT2D eigenvalue weighted by molar-refractivity contribution is 5.18. The SMILES string of the molecule is OC(CNCC1CCCCC1O)c1cccc(F)c1.